The smallest absolute Gasteiger partial charge is 0.0468 e. The van der Waals surface area contributed by atoms with E-state index in [0.717, 1.165) is 52.7 Å². The van der Waals surface area contributed by atoms with Gasteiger partial charge in [-0.15, -0.1) is 0 Å². The van der Waals surface area contributed by atoms with E-state index in [4.69, 9.17) is 0 Å². The number of hydrogen-bond acceptors (Lipinski definition) is 6. The van der Waals surface area contributed by atoms with Crippen LogP contribution >= 0.6 is 0 Å². The summed E-state index contributed by atoms with van der Waals surface area (Å²) in [5, 5.41) is 25.3. The number of fused-ring (bicyclic) bond motifs is 5. The van der Waals surface area contributed by atoms with Crippen LogP contribution in [0.3, 0.4) is 0 Å². The summed E-state index contributed by atoms with van der Waals surface area (Å²) < 4.78 is 0. The zero-order valence-corrected chi connectivity index (χ0v) is 54.0. The third-order valence-electron chi connectivity index (χ3n) is 18.5. The average Bonchev–Trinajstić information content (AvgIpc) is 1.10. The summed E-state index contributed by atoms with van der Waals surface area (Å²) in [7, 11) is 0. The van der Waals surface area contributed by atoms with Gasteiger partial charge >= 0.3 is 0 Å². The highest BCUT2D eigenvalue weighted by molar-refractivity contribution is 6.05. The zero-order chi connectivity index (χ0) is 62.0. The Balaban J connectivity index is 0.000000207. The van der Waals surface area contributed by atoms with Gasteiger partial charge in [-0.1, -0.05) is 240 Å². The Morgan fingerprint density at radius 2 is 0.830 bits per heavy atom. The largest absolute Gasteiger partial charge is 0.382 e. The highest BCUT2D eigenvalue weighted by Gasteiger charge is 2.42. The van der Waals surface area contributed by atoms with Crippen molar-refractivity contribution in [2.75, 3.05) is 31.9 Å². The molecule has 6 atom stereocenters. The molecule has 0 spiro atoms. The summed E-state index contributed by atoms with van der Waals surface area (Å²) in [5.41, 5.74) is 20.2. The van der Waals surface area contributed by atoms with E-state index >= 15 is 0 Å². The number of benzene rings is 10. The van der Waals surface area contributed by atoms with E-state index in [1.165, 1.54) is 66.8 Å². The first-order valence-electron chi connectivity index (χ1n) is 32.3. The van der Waals surface area contributed by atoms with Crippen molar-refractivity contribution < 1.29 is 0 Å². The van der Waals surface area contributed by atoms with Crippen molar-refractivity contribution in [2.24, 2.45) is 11.8 Å². The lowest BCUT2D eigenvalue weighted by Gasteiger charge is -2.44. The van der Waals surface area contributed by atoms with Crippen molar-refractivity contribution in [3.05, 3.63) is 293 Å². The quantitative estimate of drug-likeness (QED) is 0.0691. The minimum Gasteiger partial charge on any atom is -0.382 e. The van der Waals surface area contributed by atoms with E-state index in [9.17, 15) is 0 Å². The van der Waals surface area contributed by atoms with Crippen LogP contribution in [0.25, 0.3) is 10.8 Å². The van der Waals surface area contributed by atoms with Crippen LogP contribution in [0.15, 0.2) is 254 Å². The van der Waals surface area contributed by atoms with Gasteiger partial charge in [-0.3, -0.25) is 0 Å². The predicted octanol–water partition coefficient (Wildman–Crippen LogP) is 22.5. The molecule has 0 saturated carbocycles. The van der Waals surface area contributed by atoms with Crippen molar-refractivity contribution in [3.63, 3.8) is 0 Å². The van der Waals surface area contributed by atoms with Gasteiger partial charge in [0.25, 0.3) is 0 Å². The van der Waals surface area contributed by atoms with Crippen molar-refractivity contribution in [2.45, 2.75) is 130 Å². The second-order valence-electron chi connectivity index (χ2n) is 25.0. The van der Waals surface area contributed by atoms with E-state index in [1.54, 1.807) is 0 Å². The summed E-state index contributed by atoms with van der Waals surface area (Å²) in [6.07, 6.45) is 4.56. The molecule has 10 aromatic carbocycles. The van der Waals surface area contributed by atoms with Crippen LogP contribution in [0.2, 0.25) is 0 Å². The Kier molecular flexibility index (Phi) is 19.3. The molecule has 0 saturated heterocycles. The van der Waals surface area contributed by atoms with Gasteiger partial charge in [-0.25, -0.2) is 0 Å². The monoisotopic (exact) mass is 1160 g/mol. The first-order chi connectivity index (χ1) is 42.8. The van der Waals surface area contributed by atoms with Gasteiger partial charge in [0.15, 0.2) is 0 Å². The molecule has 0 bridgehead atoms. The molecule has 10 aromatic rings. The van der Waals surface area contributed by atoms with Crippen molar-refractivity contribution in [1.82, 2.24) is 0 Å². The molecular weight excluding hydrogens is 1070 g/mol. The SMILES string of the molecule is CC.CC.CC(C)C1CC(C)(c2ccccc2)c2cc(Nc3ccccc3)c3ccccc3c2N1.CC(C1=CC(C)(c2ccccc2)c2cc(Nc3ccccc3)ccc2N1)c1cccc(Nc2ccc3c(c2)C(C)(c2ccccc2)CC(C(C)C)N3)c1. The maximum absolute atomic E-state index is 3.93. The maximum Gasteiger partial charge on any atom is 0.0468 e. The fourth-order valence-corrected chi connectivity index (χ4v) is 13.4. The first kappa shape index (κ1) is 62.1. The molecule has 0 radical (unpaired) electrons. The van der Waals surface area contributed by atoms with Crippen LogP contribution in [0, 0.1) is 11.8 Å². The van der Waals surface area contributed by atoms with Gasteiger partial charge in [0.05, 0.1) is 0 Å². The molecular formula is C82H92N6. The molecule has 450 valence electrons. The standard InChI is InChI=1S/C49H50N4.C29H30N2.2C2H6/c1-33(2)46-31-48(4,36-17-9-6-10-18-36)42-30-41(25-26-44(42)52-46)51-39-23-15-16-35(28-39)34(3)47-32-49(5,37-19-11-7-12-20-37)43-29-40(24-27-45(43)53-47)50-38-21-13-8-14-22-38;1-20(2)27-19-29(3,21-12-6-4-7-13-21)25-18-26(30-22-14-8-5-9-15-22)23-16-10-11-17-24(23)28(25)31-27;2*1-2/h6-30,32-34,46,50-53H,31H2,1-5H3;4-18,20,27,30-31H,19H2,1-3H3;2*1-2H3. The second kappa shape index (κ2) is 27.4. The Morgan fingerprint density at radius 1 is 0.386 bits per heavy atom. The Labute approximate surface area is 526 Å². The van der Waals surface area contributed by atoms with Crippen LogP contribution in [0.5, 0.6) is 0 Å². The molecule has 3 aliphatic heterocycles. The second-order valence-corrected chi connectivity index (χ2v) is 25.0. The van der Waals surface area contributed by atoms with Gasteiger partial charge in [0, 0.05) is 102 Å². The van der Waals surface area contributed by atoms with E-state index in [1.807, 2.05) is 33.8 Å². The maximum atomic E-state index is 3.93. The Bertz CT molecular complexity index is 3940. The van der Waals surface area contributed by atoms with E-state index in [2.05, 4.69) is 330 Å². The molecule has 0 aromatic heterocycles. The average molecular weight is 1160 g/mol. The summed E-state index contributed by atoms with van der Waals surface area (Å²) in [6, 6.07) is 88.1. The summed E-state index contributed by atoms with van der Waals surface area (Å²) >= 11 is 0. The number of para-hydroxylation sites is 2. The molecule has 6 heteroatoms. The number of hydrogen-bond donors (Lipinski definition) is 6. The molecule has 3 heterocycles. The minimum atomic E-state index is -0.327. The lowest BCUT2D eigenvalue weighted by atomic mass is 9.67. The fourth-order valence-electron chi connectivity index (χ4n) is 13.4. The zero-order valence-electron chi connectivity index (χ0n) is 54.0. The molecule has 6 nitrogen and oxygen atoms in total. The number of rotatable bonds is 13. The van der Waals surface area contributed by atoms with Gasteiger partial charge in [-0.05, 0) is 155 Å². The van der Waals surface area contributed by atoms with Crippen LogP contribution in [0.1, 0.15) is 141 Å². The Hall–Kier alpha value is -9.00. The molecule has 13 rings (SSSR count). The molecule has 6 unspecified atom stereocenters. The van der Waals surface area contributed by atoms with Gasteiger partial charge in [-0.2, -0.15) is 0 Å². The summed E-state index contributed by atoms with van der Waals surface area (Å²) in [4.78, 5) is 0. The summed E-state index contributed by atoms with van der Waals surface area (Å²) in [6.45, 7) is 26.8. The van der Waals surface area contributed by atoms with Gasteiger partial charge in [0.1, 0.15) is 0 Å². The number of allylic oxidation sites excluding steroid dienone is 2. The normalized spacial score (nSPS) is 19.9. The first-order valence-corrected chi connectivity index (χ1v) is 32.3. The van der Waals surface area contributed by atoms with E-state index in [0.29, 0.717) is 23.9 Å². The molecule has 3 aliphatic rings. The Morgan fingerprint density at radius 3 is 1.40 bits per heavy atom. The minimum absolute atomic E-state index is 0.0616. The van der Waals surface area contributed by atoms with Crippen molar-refractivity contribution in [3.8, 4) is 0 Å². The van der Waals surface area contributed by atoms with Gasteiger partial charge in [0.2, 0.25) is 0 Å². The van der Waals surface area contributed by atoms with Crippen molar-refractivity contribution >= 4 is 62.0 Å². The third kappa shape index (κ3) is 13.0. The van der Waals surface area contributed by atoms with Crippen LogP contribution in [-0.2, 0) is 16.2 Å². The molecule has 0 amide bonds. The highest BCUT2D eigenvalue weighted by atomic mass is 15.0. The fraction of sp³-hybridized carbons (Fsp3) is 0.268. The topological polar surface area (TPSA) is 72.2 Å². The van der Waals surface area contributed by atoms with Crippen LogP contribution in [0.4, 0.5) is 51.2 Å². The lowest BCUT2D eigenvalue weighted by molar-refractivity contribution is 0.387. The highest BCUT2D eigenvalue weighted by Crippen LogP contribution is 2.51. The number of nitrogens with one attached hydrogen (secondary N) is 6. The van der Waals surface area contributed by atoms with E-state index < -0.39 is 0 Å². The van der Waals surface area contributed by atoms with Crippen LogP contribution in [-0.4, -0.2) is 12.1 Å². The summed E-state index contributed by atoms with van der Waals surface area (Å²) in [5.74, 6) is 1.23. The van der Waals surface area contributed by atoms with Crippen molar-refractivity contribution in [1.29, 1.82) is 0 Å². The van der Waals surface area contributed by atoms with Gasteiger partial charge < -0.3 is 31.9 Å². The third-order valence-corrected chi connectivity index (χ3v) is 18.5. The predicted molar refractivity (Wildman–Crippen MR) is 381 cm³/mol. The molecule has 6 N–H and O–H groups in total. The molecule has 0 fully saturated rings. The van der Waals surface area contributed by atoms with E-state index in [-0.39, 0.29) is 22.2 Å². The lowest BCUT2D eigenvalue weighted by Crippen LogP contribution is -2.41. The van der Waals surface area contributed by atoms with Crippen LogP contribution < -0.4 is 31.9 Å². The molecule has 88 heavy (non-hydrogen) atoms. The number of anilines is 9. The molecule has 0 aliphatic carbocycles.